The fourth-order valence-corrected chi connectivity index (χ4v) is 3.24. The predicted molar refractivity (Wildman–Crippen MR) is 84.6 cm³/mol. The van der Waals surface area contributed by atoms with Gasteiger partial charge in [0.1, 0.15) is 0 Å². The van der Waals surface area contributed by atoms with Crippen molar-refractivity contribution in [1.82, 2.24) is 9.88 Å². The Morgan fingerprint density at radius 3 is 2.76 bits per heavy atom. The Kier molecular flexibility index (Phi) is 3.41. The lowest BCUT2D eigenvalue weighted by Gasteiger charge is -2.37. The van der Waals surface area contributed by atoms with Crippen molar-refractivity contribution in [2.24, 2.45) is 0 Å². The van der Waals surface area contributed by atoms with E-state index in [0.29, 0.717) is 16.8 Å². The highest BCUT2D eigenvalue weighted by Crippen LogP contribution is 2.34. The van der Waals surface area contributed by atoms with Crippen LogP contribution in [-0.4, -0.2) is 36.1 Å². The van der Waals surface area contributed by atoms with Crippen LogP contribution >= 0.6 is 0 Å². The summed E-state index contributed by atoms with van der Waals surface area (Å²) in [5, 5.41) is 3.45. The Labute approximate surface area is 123 Å². The number of fused-ring (bicyclic) bond motifs is 1. The molecule has 0 unspecified atom stereocenters. The number of nitrogens with zero attached hydrogens (tertiary/aromatic N) is 1. The minimum atomic E-state index is -0.456. The smallest absolute Gasteiger partial charge is 0.408 e. The molecule has 0 spiro atoms. The summed E-state index contributed by atoms with van der Waals surface area (Å²) in [6.45, 7) is 0.845. The minimum absolute atomic E-state index is 0.186. The van der Waals surface area contributed by atoms with E-state index in [9.17, 15) is 4.79 Å². The van der Waals surface area contributed by atoms with E-state index < -0.39 is 5.76 Å². The summed E-state index contributed by atoms with van der Waals surface area (Å²) in [5.74, 6) is -0.456. The van der Waals surface area contributed by atoms with Crippen LogP contribution in [0.15, 0.2) is 21.3 Å². The highest BCUT2D eigenvalue weighted by molar-refractivity contribution is 5.85. The molecule has 1 saturated carbocycles. The standard InChI is InChI=1S/C15H22N4O2/c1-19(2)15(5-3-4-6-15)9-17-11-8-12-13(7-10(11)16)21-14(20)18-12/h7-8,17H,3-6,9,16H2,1-2H3,(H,18,20). The third kappa shape index (κ3) is 2.51. The first-order chi connectivity index (χ1) is 10.00. The maximum absolute atomic E-state index is 11.2. The summed E-state index contributed by atoms with van der Waals surface area (Å²) in [5.41, 5.74) is 8.83. The number of hydrogen-bond acceptors (Lipinski definition) is 5. The molecule has 1 heterocycles. The molecule has 1 aromatic heterocycles. The van der Waals surface area contributed by atoms with Gasteiger partial charge in [-0.25, -0.2) is 4.79 Å². The summed E-state index contributed by atoms with van der Waals surface area (Å²) in [7, 11) is 4.26. The van der Waals surface area contributed by atoms with E-state index in [1.807, 2.05) is 6.07 Å². The first-order valence-electron chi connectivity index (χ1n) is 7.34. The Bertz CT molecular complexity index is 695. The summed E-state index contributed by atoms with van der Waals surface area (Å²) in [6.07, 6.45) is 4.92. The van der Waals surface area contributed by atoms with Gasteiger partial charge in [-0.15, -0.1) is 0 Å². The van der Waals surface area contributed by atoms with Crippen molar-refractivity contribution in [3.05, 3.63) is 22.7 Å². The lowest BCUT2D eigenvalue weighted by molar-refractivity contribution is 0.172. The first-order valence-corrected chi connectivity index (χ1v) is 7.34. The zero-order valence-electron chi connectivity index (χ0n) is 12.5. The molecule has 1 aliphatic rings. The monoisotopic (exact) mass is 290 g/mol. The Hall–Kier alpha value is -1.95. The first kappa shape index (κ1) is 14.0. The number of H-pyrrole nitrogens is 1. The summed E-state index contributed by atoms with van der Waals surface area (Å²) in [4.78, 5) is 16.2. The van der Waals surface area contributed by atoms with Crippen molar-refractivity contribution in [3.63, 3.8) is 0 Å². The van der Waals surface area contributed by atoms with Gasteiger partial charge in [0, 0.05) is 18.2 Å². The molecule has 0 aliphatic heterocycles. The molecular weight excluding hydrogens is 268 g/mol. The van der Waals surface area contributed by atoms with E-state index in [1.54, 1.807) is 6.07 Å². The van der Waals surface area contributed by atoms with Crippen LogP contribution in [0.4, 0.5) is 11.4 Å². The zero-order valence-corrected chi connectivity index (χ0v) is 12.5. The SMILES string of the molecule is CN(C)C1(CNc2cc3[nH]c(=O)oc3cc2N)CCCC1. The average molecular weight is 290 g/mol. The van der Waals surface area contributed by atoms with Crippen molar-refractivity contribution in [2.45, 2.75) is 31.2 Å². The molecule has 3 rings (SSSR count). The molecule has 4 N–H and O–H groups in total. The van der Waals surface area contributed by atoms with E-state index in [2.05, 4.69) is 29.3 Å². The van der Waals surface area contributed by atoms with Gasteiger partial charge < -0.3 is 20.4 Å². The molecule has 114 valence electrons. The number of nitrogens with two attached hydrogens (primary N) is 1. The number of benzene rings is 1. The van der Waals surface area contributed by atoms with Crippen molar-refractivity contribution in [1.29, 1.82) is 0 Å². The van der Waals surface area contributed by atoms with Gasteiger partial charge >= 0.3 is 5.76 Å². The number of nitrogen functional groups attached to an aromatic ring is 1. The predicted octanol–water partition coefficient (Wildman–Crippen LogP) is 1.99. The van der Waals surface area contributed by atoms with Crippen LogP contribution in [0.25, 0.3) is 11.1 Å². The molecule has 1 aliphatic carbocycles. The van der Waals surface area contributed by atoms with Gasteiger partial charge in [-0.05, 0) is 33.0 Å². The van der Waals surface area contributed by atoms with Crippen LogP contribution in [0.1, 0.15) is 25.7 Å². The molecule has 21 heavy (non-hydrogen) atoms. The van der Waals surface area contributed by atoms with Crippen molar-refractivity contribution < 1.29 is 4.42 Å². The normalized spacial score (nSPS) is 17.7. The molecule has 0 atom stereocenters. The lowest BCUT2D eigenvalue weighted by Crippen LogP contribution is -2.47. The topological polar surface area (TPSA) is 87.3 Å². The van der Waals surface area contributed by atoms with Crippen molar-refractivity contribution in [2.75, 3.05) is 31.7 Å². The van der Waals surface area contributed by atoms with E-state index in [0.717, 1.165) is 12.2 Å². The highest BCUT2D eigenvalue weighted by Gasteiger charge is 2.35. The molecule has 0 radical (unpaired) electrons. The maximum Gasteiger partial charge on any atom is 0.417 e. The molecule has 0 saturated heterocycles. The van der Waals surface area contributed by atoms with Crippen LogP contribution in [0.3, 0.4) is 0 Å². The molecule has 0 amide bonds. The Morgan fingerprint density at radius 2 is 2.10 bits per heavy atom. The van der Waals surface area contributed by atoms with Crippen LogP contribution in [0.5, 0.6) is 0 Å². The van der Waals surface area contributed by atoms with E-state index in [-0.39, 0.29) is 5.54 Å². The second-order valence-corrected chi connectivity index (χ2v) is 6.13. The number of rotatable bonds is 4. The summed E-state index contributed by atoms with van der Waals surface area (Å²) >= 11 is 0. The average Bonchev–Trinajstić information content (AvgIpc) is 3.02. The minimum Gasteiger partial charge on any atom is -0.408 e. The van der Waals surface area contributed by atoms with Crippen LogP contribution in [0.2, 0.25) is 0 Å². The maximum atomic E-state index is 11.2. The molecule has 2 aromatic rings. The fourth-order valence-electron chi connectivity index (χ4n) is 3.24. The third-order valence-electron chi connectivity index (χ3n) is 4.68. The molecule has 1 fully saturated rings. The summed E-state index contributed by atoms with van der Waals surface area (Å²) in [6, 6.07) is 3.53. The van der Waals surface area contributed by atoms with E-state index in [1.165, 1.54) is 25.7 Å². The van der Waals surface area contributed by atoms with Gasteiger partial charge in [-0.3, -0.25) is 4.98 Å². The van der Waals surface area contributed by atoms with Gasteiger partial charge in [-0.2, -0.15) is 0 Å². The number of aromatic nitrogens is 1. The number of likely N-dealkylation sites (N-methyl/N-ethyl adjacent to an activating group) is 1. The number of nitrogens with one attached hydrogen (secondary N) is 2. The third-order valence-corrected chi connectivity index (χ3v) is 4.68. The number of anilines is 2. The van der Waals surface area contributed by atoms with Gasteiger partial charge in [0.15, 0.2) is 5.58 Å². The molecule has 6 nitrogen and oxygen atoms in total. The van der Waals surface area contributed by atoms with Crippen molar-refractivity contribution >= 4 is 22.5 Å². The molecule has 6 heteroatoms. The molecule has 1 aromatic carbocycles. The second kappa shape index (κ2) is 5.11. The van der Waals surface area contributed by atoms with Gasteiger partial charge in [0.2, 0.25) is 0 Å². The fraction of sp³-hybridized carbons (Fsp3) is 0.533. The zero-order chi connectivity index (χ0) is 15.0. The van der Waals surface area contributed by atoms with Crippen molar-refractivity contribution in [3.8, 4) is 0 Å². The Morgan fingerprint density at radius 1 is 1.38 bits per heavy atom. The Balaban J connectivity index is 1.84. The highest BCUT2D eigenvalue weighted by atomic mass is 16.4. The second-order valence-electron chi connectivity index (χ2n) is 6.13. The van der Waals surface area contributed by atoms with Gasteiger partial charge in [0.25, 0.3) is 0 Å². The van der Waals surface area contributed by atoms with E-state index in [4.69, 9.17) is 10.2 Å². The van der Waals surface area contributed by atoms with Crippen LogP contribution in [-0.2, 0) is 0 Å². The van der Waals surface area contributed by atoms with Crippen LogP contribution < -0.4 is 16.8 Å². The quantitative estimate of drug-likeness (QED) is 0.750. The largest absolute Gasteiger partial charge is 0.417 e. The molecular formula is C15H22N4O2. The van der Waals surface area contributed by atoms with E-state index >= 15 is 0 Å². The van der Waals surface area contributed by atoms with Gasteiger partial charge in [0.05, 0.1) is 16.9 Å². The van der Waals surface area contributed by atoms with Gasteiger partial charge in [-0.1, -0.05) is 12.8 Å². The number of aromatic amines is 1. The lowest BCUT2D eigenvalue weighted by atomic mass is 9.96. The molecule has 0 bridgehead atoms. The number of hydrogen-bond donors (Lipinski definition) is 3. The summed E-state index contributed by atoms with van der Waals surface area (Å²) < 4.78 is 5.01. The number of oxazole rings is 1. The van der Waals surface area contributed by atoms with Crippen LogP contribution in [0, 0.1) is 0 Å².